The van der Waals surface area contributed by atoms with Gasteiger partial charge in [0.15, 0.2) is 0 Å². The molecule has 0 spiro atoms. The normalized spacial score (nSPS) is 14.0. The van der Waals surface area contributed by atoms with Crippen molar-refractivity contribution in [2.45, 2.75) is 71.9 Å². The number of aldehydes is 1. The van der Waals surface area contributed by atoms with Crippen molar-refractivity contribution in [3.63, 3.8) is 0 Å². The van der Waals surface area contributed by atoms with Gasteiger partial charge in [0, 0.05) is 65.8 Å². The molecule has 6 nitrogen and oxygen atoms in total. The number of amides is 1. The summed E-state index contributed by atoms with van der Waals surface area (Å²) in [6.45, 7) is 9.44. The first-order chi connectivity index (χ1) is 19.5. The number of carbonyl (C=O) groups excluding carboxylic acids is 2. The number of H-pyrrole nitrogens is 1. The number of piperidine rings is 1. The zero-order valence-corrected chi connectivity index (χ0v) is 24.1. The second kappa shape index (κ2) is 14.6. The lowest BCUT2D eigenvalue weighted by molar-refractivity contribution is 0.0908. The Morgan fingerprint density at radius 2 is 1.70 bits per heavy atom. The number of rotatable bonds is 9. The highest BCUT2D eigenvalue weighted by atomic mass is 16.1. The van der Waals surface area contributed by atoms with Crippen molar-refractivity contribution in [3.05, 3.63) is 101 Å². The molecule has 2 N–H and O–H groups in total. The van der Waals surface area contributed by atoms with Crippen molar-refractivity contribution in [3.8, 4) is 0 Å². The first-order valence-corrected chi connectivity index (χ1v) is 14.6. The van der Waals surface area contributed by atoms with Crippen LogP contribution in [0.4, 0.5) is 0 Å². The van der Waals surface area contributed by atoms with Gasteiger partial charge in [-0.25, -0.2) is 0 Å². The van der Waals surface area contributed by atoms with Crippen molar-refractivity contribution >= 4 is 23.1 Å². The Morgan fingerprint density at radius 1 is 0.975 bits per heavy atom. The number of nitrogens with zero attached hydrogens (tertiary/aromatic N) is 2. The summed E-state index contributed by atoms with van der Waals surface area (Å²) in [5.74, 6) is 0.0461. The quantitative estimate of drug-likeness (QED) is 0.237. The van der Waals surface area contributed by atoms with E-state index >= 15 is 0 Å². The molecule has 1 fully saturated rings. The van der Waals surface area contributed by atoms with E-state index in [1.54, 1.807) is 0 Å². The third kappa shape index (κ3) is 7.66. The summed E-state index contributed by atoms with van der Waals surface area (Å²) in [4.78, 5) is 33.2. The number of aromatic amines is 1. The molecule has 210 valence electrons. The maximum atomic E-state index is 12.9. The molecule has 1 aliphatic heterocycles. The van der Waals surface area contributed by atoms with E-state index in [9.17, 15) is 9.59 Å². The van der Waals surface area contributed by atoms with E-state index in [1.807, 2.05) is 42.7 Å². The number of carbonyl (C=O) groups is 2. The number of hydrogen-bond acceptors (Lipinski definition) is 4. The minimum Gasteiger partial charge on any atom is -0.358 e. The second-order valence-electron chi connectivity index (χ2n) is 10.5. The summed E-state index contributed by atoms with van der Waals surface area (Å²) in [5, 5.41) is 4.46. The molecule has 40 heavy (non-hydrogen) atoms. The van der Waals surface area contributed by atoms with Gasteiger partial charge in [0.25, 0.3) is 5.91 Å². The number of nitrogens with one attached hydrogen (secondary N) is 2. The van der Waals surface area contributed by atoms with E-state index in [0.29, 0.717) is 0 Å². The average Bonchev–Trinajstić information content (AvgIpc) is 3.35. The van der Waals surface area contributed by atoms with E-state index in [0.717, 1.165) is 81.1 Å². The van der Waals surface area contributed by atoms with Crippen LogP contribution < -0.4 is 5.32 Å². The van der Waals surface area contributed by atoms with E-state index < -0.39 is 0 Å². The molecule has 4 aromatic rings. The summed E-state index contributed by atoms with van der Waals surface area (Å²) in [5.41, 5.74) is 7.87. The third-order valence-electron chi connectivity index (χ3n) is 7.71. The highest BCUT2D eigenvalue weighted by molar-refractivity contribution is 5.99. The van der Waals surface area contributed by atoms with Crippen molar-refractivity contribution in [2.75, 3.05) is 13.1 Å². The molecular formula is C34H42N4O2. The molecule has 3 heterocycles. The first-order valence-electron chi connectivity index (χ1n) is 14.6. The minimum absolute atomic E-state index is 0.0461. The standard InChI is InChI=1S/C25H32N4O.C9H10O/c1-3-5-23-21(4-2)22-16-19(6-7-24(22)28-23)25(30)27-20-10-14-29(15-11-20)17-18-8-12-26-13-9-18;1-2-8-3-5-9(7-10)6-4-8/h6-9,12-13,16,20,28H,3-5,10-11,14-15,17H2,1-2H3,(H,27,30);3-7H,2H2,1H3. The van der Waals surface area contributed by atoms with Gasteiger partial charge in [-0.2, -0.15) is 0 Å². The number of fused-ring (bicyclic) bond motifs is 1. The lowest BCUT2D eigenvalue weighted by Gasteiger charge is -2.32. The van der Waals surface area contributed by atoms with Crippen molar-refractivity contribution in [2.24, 2.45) is 0 Å². The van der Waals surface area contributed by atoms with E-state index in [4.69, 9.17) is 0 Å². The highest BCUT2D eigenvalue weighted by Gasteiger charge is 2.22. The molecule has 0 unspecified atom stereocenters. The van der Waals surface area contributed by atoms with E-state index in [2.05, 4.69) is 65.2 Å². The molecule has 0 radical (unpaired) electrons. The van der Waals surface area contributed by atoms with Gasteiger partial charge in [-0.15, -0.1) is 0 Å². The fraction of sp³-hybridized carbons (Fsp3) is 0.382. The molecule has 1 amide bonds. The summed E-state index contributed by atoms with van der Waals surface area (Å²) in [6, 6.07) is 18.1. The highest BCUT2D eigenvalue weighted by Crippen LogP contribution is 2.25. The Morgan fingerprint density at radius 3 is 2.33 bits per heavy atom. The van der Waals surface area contributed by atoms with Crippen LogP contribution in [-0.2, 0) is 25.8 Å². The van der Waals surface area contributed by atoms with Crippen LogP contribution in [0.3, 0.4) is 0 Å². The van der Waals surface area contributed by atoms with Crippen molar-refractivity contribution < 1.29 is 9.59 Å². The summed E-state index contributed by atoms with van der Waals surface area (Å²) >= 11 is 0. The van der Waals surface area contributed by atoms with Crippen LogP contribution in [0.1, 0.15) is 83.1 Å². The molecule has 0 aliphatic carbocycles. The topological polar surface area (TPSA) is 78.1 Å². The Hall–Kier alpha value is -3.77. The molecule has 6 heteroatoms. The lowest BCUT2D eigenvalue weighted by Crippen LogP contribution is -2.44. The van der Waals surface area contributed by atoms with Gasteiger partial charge in [-0.3, -0.25) is 19.5 Å². The largest absolute Gasteiger partial charge is 0.358 e. The van der Waals surface area contributed by atoms with Crippen LogP contribution >= 0.6 is 0 Å². The maximum Gasteiger partial charge on any atom is 0.251 e. The predicted octanol–water partition coefficient (Wildman–Crippen LogP) is 6.53. The van der Waals surface area contributed by atoms with Crippen LogP contribution in [0.2, 0.25) is 0 Å². The molecule has 0 atom stereocenters. The third-order valence-corrected chi connectivity index (χ3v) is 7.71. The van der Waals surface area contributed by atoms with Gasteiger partial charge in [0.05, 0.1) is 0 Å². The number of hydrogen-bond donors (Lipinski definition) is 2. The molecule has 0 saturated carbocycles. The van der Waals surface area contributed by atoms with Gasteiger partial charge in [0.2, 0.25) is 0 Å². The number of benzene rings is 2. The van der Waals surface area contributed by atoms with E-state index in [-0.39, 0.29) is 11.9 Å². The van der Waals surface area contributed by atoms with Crippen molar-refractivity contribution in [1.29, 1.82) is 0 Å². The van der Waals surface area contributed by atoms with Gasteiger partial charge >= 0.3 is 0 Å². The minimum atomic E-state index is 0.0461. The lowest BCUT2D eigenvalue weighted by atomic mass is 10.0. The van der Waals surface area contributed by atoms with Gasteiger partial charge in [-0.05, 0) is 79.1 Å². The number of aromatic nitrogens is 2. The predicted molar refractivity (Wildman–Crippen MR) is 163 cm³/mol. The molecule has 1 saturated heterocycles. The van der Waals surface area contributed by atoms with Gasteiger partial charge < -0.3 is 10.3 Å². The Bertz CT molecular complexity index is 1370. The van der Waals surface area contributed by atoms with E-state index in [1.165, 1.54) is 27.8 Å². The molecule has 5 rings (SSSR count). The van der Waals surface area contributed by atoms with Crippen LogP contribution in [0.15, 0.2) is 67.0 Å². The Balaban J connectivity index is 0.000000312. The molecular weight excluding hydrogens is 496 g/mol. The number of pyridine rings is 1. The number of likely N-dealkylation sites (tertiary alicyclic amines) is 1. The SMILES string of the molecule is CCCc1[nH]c2ccc(C(=O)NC3CCN(Cc4ccncc4)CC3)cc2c1CC.CCc1ccc(C=O)cc1. The fourth-order valence-electron chi connectivity index (χ4n) is 5.39. The zero-order chi connectivity index (χ0) is 28.3. The van der Waals surface area contributed by atoms with Gasteiger partial charge in [0.1, 0.15) is 6.29 Å². The van der Waals surface area contributed by atoms with Crippen LogP contribution in [0.25, 0.3) is 10.9 Å². The summed E-state index contributed by atoms with van der Waals surface area (Å²) in [6.07, 6.45) is 10.7. The zero-order valence-electron chi connectivity index (χ0n) is 24.1. The molecule has 2 aromatic heterocycles. The smallest absolute Gasteiger partial charge is 0.251 e. The first kappa shape index (κ1) is 29.2. The Labute approximate surface area is 238 Å². The van der Waals surface area contributed by atoms with Crippen LogP contribution in [0, 0.1) is 0 Å². The maximum absolute atomic E-state index is 12.9. The van der Waals surface area contributed by atoms with Crippen LogP contribution in [-0.4, -0.2) is 46.2 Å². The van der Waals surface area contributed by atoms with Crippen LogP contribution in [0.5, 0.6) is 0 Å². The second-order valence-corrected chi connectivity index (χ2v) is 10.5. The fourth-order valence-corrected chi connectivity index (χ4v) is 5.39. The molecule has 1 aliphatic rings. The Kier molecular flexibility index (Phi) is 10.6. The number of aryl methyl sites for hydroxylation is 3. The average molecular weight is 539 g/mol. The van der Waals surface area contributed by atoms with Crippen molar-refractivity contribution in [1.82, 2.24) is 20.2 Å². The van der Waals surface area contributed by atoms with Gasteiger partial charge in [-0.1, -0.05) is 51.5 Å². The molecule has 2 aromatic carbocycles. The molecule has 0 bridgehead atoms. The monoisotopic (exact) mass is 538 g/mol. The summed E-state index contributed by atoms with van der Waals surface area (Å²) < 4.78 is 0. The summed E-state index contributed by atoms with van der Waals surface area (Å²) in [7, 11) is 0.